The molecule has 30 heavy (non-hydrogen) atoms. The molecule has 1 saturated heterocycles. The van der Waals surface area contributed by atoms with Gasteiger partial charge in [-0.2, -0.15) is 4.31 Å². The Kier molecular flexibility index (Phi) is 7.61. The predicted molar refractivity (Wildman–Crippen MR) is 121 cm³/mol. The Labute approximate surface area is 190 Å². The van der Waals surface area contributed by atoms with E-state index >= 15 is 0 Å². The third-order valence-corrected chi connectivity index (χ3v) is 8.84. The summed E-state index contributed by atoms with van der Waals surface area (Å²) in [6, 6.07) is 10.8. The number of methoxy groups -OCH3 is 1. The summed E-state index contributed by atoms with van der Waals surface area (Å²) in [5.41, 5.74) is 0. The van der Waals surface area contributed by atoms with Gasteiger partial charge >= 0.3 is 0 Å². The van der Waals surface area contributed by atoms with Crippen LogP contribution < -0.4 is 14.2 Å². The Morgan fingerprint density at radius 3 is 2.23 bits per heavy atom. The van der Waals surface area contributed by atoms with Gasteiger partial charge in [0.15, 0.2) is 0 Å². The van der Waals surface area contributed by atoms with Crippen molar-refractivity contribution in [3.63, 3.8) is 0 Å². The van der Waals surface area contributed by atoms with Crippen LogP contribution in [-0.4, -0.2) is 54.5 Å². The number of ether oxygens (including phenoxy) is 2. The minimum Gasteiger partial charge on any atom is -0.496 e. The number of rotatable bonds is 9. The van der Waals surface area contributed by atoms with E-state index in [9.17, 15) is 16.8 Å². The molecule has 1 aliphatic rings. The highest BCUT2D eigenvalue weighted by Gasteiger charge is 2.27. The van der Waals surface area contributed by atoms with Crippen molar-refractivity contribution < 1.29 is 26.3 Å². The highest BCUT2D eigenvalue weighted by atomic mass is 127. The van der Waals surface area contributed by atoms with Gasteiger partial charge in [-0.15, -0.1) is 0 Å². The maximum Gasteiger partial charge on any atom is 0.243 e. The van der Waals surface area contributed by atoms with E-state index in [-0.39, 0.29) is 22.9 Å². The van der Waals surface area contributed by atoms with E-state index in [1.165, 1.54) is 35.7 Å². The molecule has 2 aromatic carbocycles. The minimum atomic E-state index is -3.67. The zero-order chi connectivity index (χ0) is 21.8. The van der Waals surface area contributed by atoms with Crippen LogP contribution in [0.3, 0.4) is 0 Å². The molecule has 8 nitrogen and oxygen atoms in total. The second-order valence-electron chi connectivity index (χ2n) is 6.63. The van der Waals surface area contributed by atoms with E-state index in [1.54, 1.807) is 18.2 Å². The highest BCUT2D eigenvalue weighted by Crippen LogP contribution is 2.24. The Morgan fingerprint density at radius 2 is 1.63 bits per heavy atom. The van der Waals surface area contributed by atoms with E-state index in [2.05, 4.69) is 4.72 Å². The SMILES string of the molecule is COc1ccc(S(=O)(=O)NCCOc2ccc(S(=O)(=O)N3CCCC3)cc2)cc1I. The van der Waals surface area contributed by atoms with E-state index in [0.29, 0.717) is 28.2 Å². The number of halogens is 1. The molecule has 0 amide bonds. The van der Waals surface area contributed by atoms with Crippen molar-refractivity contribution in [2.24, 2.45) is 0 Å². The molecule has 1 fully saturated rings. The van der Waals surface area contributed by atoms with Gasteiger partial charge in [-0.05, 0) is 77.9 Å². The summed E-state index contributed by atoms with van der Waals surface area (Å²) >= 11 is 2.01. The van der Waals surface area contributed by atoms with E-state index in [4.69, 9.17) is 9.47 Å². The van der Waals surface area contributed by atoms with Crippen LogP contribution in [0.1, 0.15) is 12.8 Å². The Balaban J connectivity index is 1.53. The first-order chi connectivity index (χ1) is 14.2. The summed E-state index contributed by atoms with van der Waals surface area (Å²) in [6.45, 7) is 1.27. The molecule has 0 radical (unpaired) electrons. The molecule has 1 N–H and O–H groups in total. The molecule has 164 valence electrons. The van der Waals surface area contributed by atoms with Crippen LogP contribution in [-0.2, 0) is 20.0 Å². The first-order valence-electron chi connectivity index (χ1n) is 9.30. The van der Waals surface area contributed by atoms with Crippen molar-refractivity contribution in [3.8, 4) is 11.5 Å². The lowest BCUT2D eigenvalue weighted by molar-refractivity contribution is 0.322. The van der Waals surface area contributed by atoms with Gasteiger partial charge in [0.2, 0.25) is 20.0 Å². The first kappa shape index (κ1) is 23.3. The molecule has 1 aliphatic heterocycles. The molecule has 0 atom stereocenters. The maximum atomic E-state index is 12.5. The van der Waals surface area contributed by atoms with E-state index in [1.807, 2.05) is 22.6 Å². The zero-order valence-corrected chi connectivity index (χ0v) is 20.2. The average molecular weight is 566 g/mol. The van der Waals surface area contributed by atoms with Crippen LogP contribution in [0.2, 0.25) is 0 Å². The average Bonchev–Trinajstić information content (AvgIpc) is 3.27. The monoisotopic (exact) mass is 566 g/mol. The maximum absolute atomic E-state index is 12.5. The van der Waals surface area contributed by atoms with Crippen molar-refractivity contribution in [2.75, 3.05) is 33.4 Å². The summed E-state index contributed by atoms with van der Waals surface area (Å²) in [5, 5.41) is 0. The number of nitrogens with one attached hydrogen (secondary N) is 1. The molecule has 0 aliphatic carbocycles. The van der Waals surface area contributed by atoms with Gasteiger partial charge in [0.25, 0.3) is 0 Å². The molecule has 0 unspecified atom stereocenters. The molecule has 11 heteroatoms. The summed E-state index contributed by atoms with van der Waals surface area (Å²) in [5.74, 6) is 1.07. The van der Waals surface area contributed by atoms with Gasteiger partial charge in [0.05, 0.1) is 20.5 Å². The number of hydrogen-bond acceptors (Lipinski definition) is 6. The van der Waals surface area contributed by atoms with Crippen LogP contribution in [0, 0.1) is 3.57 Å². The second-order valence-corrected chi connectivity index (χ2v) is 11.5. The molecule has 0 bridgehead atoms. The van der Waals surface area contributed by atoms with Crippen molar-refractivity contribution >= 4 is 42.6 Å². The molecule has 0 spiro atoms. The van der Waals surface area contributed by atoms with E-state index in [0.717, 1.165) is 12.8 Å². The van der Waals surface area contributed by atoms with E-state index < -0.39 is 20.0 Å². The smallest absolute Gasteiger partial charge is 0.243 e. The van der Waals surface area contributed by atoms with Gasteiger partial charge in [0.1, 0.15) is 18.1 Å². The highest BCUT2D eigenvalue weighted by molar-refractivity contribution is 14.1. The summed E-state index contributed by atoms with van der Waals surface area (Å²) in [4.78, 5) is 0.371. The van der Waals surface area contributed by atoms with Gasteiger partial charge < -0.3 is 9.47 Å². The molecular formula is C19H23IN2O6S2. The third-order valence-electron chi connectivity index (χ3n) is 4.62. The fourth-order valence-electron chi connectivity index (χ4n) is 3.03. The molecule has 0 aromatic heterocycles. The third kappa shape index (κ3) is 5.44. The Bertz CT molecular complexity index is 1080. The zero-order valence-electron chi connectivity index (χ0n) is 16.4. The normalized spacial score (nSPS) is 15.3. The number of sulfonamides is 2. The lowest BCUT2D eigenvalue weighted by atomic mass is 10.3. The predicted octanol–water partition coefficient (Wildman–Crippen LogP) is 2.44. The van der Waals surface area contributed by atoms with Crippen molar-refractivity contribution in [2.45, 2.75) is 22.6 Å². The molecular weight excluding hydrogens is 543 g/mol. The Morgan fingerprint density at radius 1 is 1.00 bits per heavy atom. The molecule has 0 saturated carbocycles. The van der Waals surface area contributed by atoms with Crippen LogP contribution in [0.25, 0.3) is 0 Å². The molecule has 3 rings (SSSR count). The van der Waals surface area contributed by atoms with Gasteiger partial charge in [-0.25, -0.2) is 21.6 Å². The number of hydrogen-bond donors (Lipinski definition) is 1. The second kappa shape index (κ2) is 9.81. The standard InChI is InChI=1S/C19H23IN2O6S2/c1-27-19-9-8-17(14-18(19)20)29(23,24)21-10-13-28-15-4-6-16(7-5-15)30(25,26)22-11-2-3-12-22/h4-9,14,21H,2-3,10-13H2,1H3. The van der Waals surface area contributed by atoms with Crippen LogP contribution in [0.5, 0.6) is 11.5 Å². The van der Waals surface area contributed by atoms with Crippen LogP contribution in [0.15, 0.2) is 52.3 Å². The van der Waals surface area contributed by atoms with Crippen molar-refractivity contribution in [1.29, 1.82) is 0 Å². The summed E-state index contributed by atoms with van der Waals surface area (Å²) in [7, 11) is -5.61. The van der Waals surface area contributed by atoms with Gasteiger partial charge in [-0.3, -0.25) is 0 Å². The fourth-order valence-corrected chi connectivity index (χ4v) is 6.53. The largest absolute Gasteiger partial charge is 0.496 e. The van der Waals surface area contributed by atoms with Crippen molar-refractivity contribution in [3.05, 3.63) is 46.0 Å². The molecule has 2 aromatic rings. The van der Waals surface area contributed by atoms with Crippen LogP contribution >= 0.6 is 22.6 Å². The minimum absolute atomic E-state index is 0.0682. The van der Waals surface area contributed by atoms with Gasteiger partial charge in [0, 0.05) is 19.6 Å². The lowest BCUT2D eigenvalue weighted by Crippen LogP contribution is -2.28. The first-order valence-corrected chi connectivity index (χ1v) is 13.3. The fraction of sp³-hybridized carbons (Fsp3) is 0.368. The quantitative estimate of drug-likeness (QED) is 0.370. The van der Waals surface area contributed by atoms with Gasteiger partial charge in [-0.1, -0.05) is 0 Å². The molecule has 1 heterocycles. The summed E-state index contributed by atoms with van der Waals surface area (Å²) in [6.07, 6.45) is 1.76. The topological polar surface area (TPSA) is 102 Å². The van der Waals surface area contributed by atoms with Crippen LogP contribution in [0.4, 0.5) is 0 Å². The lowest BCUT2D eigenvalue weighted by Gasteiger charge is -2.15. The van der Waals surface area contributed by atoms with Crippen molar-refractivity contribution in [1.82, 2.24) is 9.03 Å². The summed E-state index contributed by atoms with van der Waals surface area (Å²) < 4.78 is 65.1. The number of nitrogens with zero attached hydrogens (tertiary/aromatic N) is 1. The Hall–Kier alpha value is -1.41. The number of benzene rings is 2.